The van der Waals surface area contributed by atoms with Crippen LogP contribution in [-0.2, 0) is 0 Å². The Kier molecular flexibility index (Phi) is 4.76. The molecule has 0 fully saturated rings. The molecule has 0 atom stereocenters. The lowest BCUT2D eigenvalue weighted by molar-refractivity contribution is 0.102. The summed E-state index contributed by atoms with van der Waals surface area (Å²) < 4.78 is 0. The van der Waals surface area contributed by atoms with Gasteiger partial charge in [-0.05, 0) is 49.2 Å². The van der Waals surface area contributed by atoms with Crippen LogP contribution >= 0.6 is 0 Å². The Bertz CT molecular complexity index is 723. The molecule has 0 saturated heterocycles. The van der Waals surface area contributed by atoms with Gasteiger partial charge in [-0.15, -0.1) is 0 Å². The third kappa shape index (κ3) is 3.71. The SMILES string of the molecule is Cc1ccc(C(=O)Nc2ccccc2C#CCN)cc1C. The molecule has 0 saturated carbocycles. The van der Waals surface area contributed by atoms with Crippen molar-refractivity contribution in [1.29, 1.82) is 0 Å². The zero-order valence-corrected chi connectivity index (χ0v) is 12.2. The van der Waals surface area contributed by atoms with Crippen molar-refractivity contribution in [1.82, 2.24) is 0 Å². The second kappa shape index (κ2) is 6.74. The van der Waals surface area contributed by atoms with E-state index in [-0.39, 0.29) is 5.91 Å². The number of amides is 1. The van der Waals surface area contributed by atoms with Gasteiger partial charge in [-0.1, -0.05) is 30.0 Å². The molecule has 2 aromatic rings. The van der Waals surface area contributed by atoms with Crippen LogP contribution in [0.15, 0.2) is 42.5 Å². The van der Waals surface area contributed by atoms with Crippen LogP contribution in [0.1, 0.15) is 27.0 Å². The highest BCUT2D eigenvalue weighted by Gasteiger charge is 2.08. The van der Waals surface area contributed by atoms with Gasteiger partial charge >= 0.3 is 0 Å². The van der Waals surface area contributed by atoms with Crippen molar-refractivity contribution in [3.63, 3.8) is 0 Å². The van der Waals surface area contributed by atoms with Crippen molar-refractivity contribution >= 4 is 11.6 Å². The minimum atomic E-state index is -0.139. The molecule has 0 heterocycles. The molecule has 106 valence electrons. The first-order valence-corrected chi connectivity index (χ1v) is 6.78. The molecule has 0 unspecified atom stereocenters. The minimum Gasteiger partial charge on any atom is -0.321 e. The molecule has 0 aliphatic heterocycles. The van der Waals surface area contributed by atoms with Gasteiger partial charge in [0.05, 0.1) is 12.2 Å². The summed E-state index contributed by atoms with van der Waals surface area (Å²) in [6, 6.07) is 13.1. The summed E-state index contributed by atoms with van der Waals surface area (Å²) in [5.74, 6) is 5.62. The maximum atomic E-state index is 12.3. The van der Waals surface area contributed by atoms with E-state index in [2.05, 4.69) is 17.2 Å². The zero-order valence-electron chi connectivity index (χ0n) is 12.2. The predicted molar refractivity (Wildman–Crippen MR) is 86.2 cm³/mol. The average molecular weight is 278 g/mol. The highest BCUT2D eigenvalue weighted by molar-refractivity contribution is 6.05. The van der Waals surface area contributed by atoms with Gasteiger partial charge in [0.25, 0.3) is 5.91 Å². The second-order valence-corrected chi connectivity index (χ2v) is 4.80. The monoisotopic (exact) mass is 278 g/mol. The molecular weight excluding hydrogens is 260 g/mol. The Labute approximate surface area is 125 Å². The number of rotatable bonds is 2. The smallest absolute Gasteiger partial charge is 0.255 e. The van der Waals surface area contributed by atoms with E-state index in [1.165, 1.54) is 5.56 Å². The van der Waals surface area contributed by atoms with Crippen molar-refractivity contribution in [3.8, 4) is 11.8 Å². The van der Waals surface area contributed by atoms with E-state index in [1.807, 2.05) is 56.3 Å². The normalized spacial score (nSPS) is 9.67. The molecular formula is C18H18N2O. The number of aryl methyl sites for hydroxylation is 2. The quantitative estimate of drug-likeness (QED) is 0.830. The largest absolute Gasteiger partial charge is 0.321 e. The van der Waals surface area contributed by atoms with E-state index in [4.69, 9.17) is 5.73 Å². The van der Waals surface area contributed by atoms with Crippen LogP contribution in [0.4, 0.5) is 5.69 Å². The number of carbonyl (C=O) groups excluding carboxylic acids is 1. The first kappa shape index (κ1) is 14.8. The van der Waals surface area contributed by atoms with Gasteiger partial charge < -0.3 is 11.1 Å². The van der Waals surface area contributed by atoms with Gasteiger partial charge in [0, 0.05) is 11.1 Å². The molecule has 3 nitrogen and oxygen atoms in total. The lowest BCUT2D eigenvalue weighted by Crippen LogP contribution is -2.13. The maximum absolute atomic E-state index is 12.3. The Morgan fingerprint density at radius 2 is 1.90 bits per heavy atom. The van der Waals surface area contributed by atoms with E-state index in [0.717, 1.165) is 11.1 Å². The predicted octanol–water partition coefficient (Wildman–Crippen LogP) is 2.87. The fraction of sp³-hybridized carbons (Fsp3) is 0.167. The molecule has 0 spiro atoms. The lowest BCUT2D eigenvalue weighted by Gasteiger charge is -2.09. The van der Waals surface area contributed by atoms with Crippen molar-refractivity contribution in [2.45, 2.75) is 13.8 Å². The second-order valence-electron chi connectivity index (χ2n) is 4.80. The summed E-state index contributed by atoms with van der Waals surface area (Å²) in [7, 11) is 0. The number of nitrogens with one attached hydrogen (secondary N) is 1. The molecule has 0 bridgehead atoms. The Morgan fingerprint density at radius 3 is 2.62 bits per heavy atom. The molecule has 0 aliphatic rings. The first-order chi connectivity index (χ1) is 10.1. The molecule has 3 N–H and O–H groups in total. The van der Waals surface area contributed by atoms with Crippen LogP contribution in [0, 0.1) is 25.7 Å². The standard InChI is InChI=1S/C18H18N2O/c1-13-9-10-16(12-14(13)2)18(21)20-17-8-4-3-6-15(17)7-5-11-19/h3-4,6,8-10,12H,11,19H2,1-2H3,(H,20,21). The molecule has 3 heteroatoms. The molecule has 1 amide bonds. The van der Waals surface area contributed by atoms with E-state index in [1.54, 1.807) is 0 Å². The number of benzene rings is 2. The molecule has 0 radical (unpaired) electrons. The van der Waals surface area contributed by atoms with Crippen LogP contribution in [0.25, 0.3) is 0 Å². The summed E-state index contributed by atoms with van der Waals surface area (Å²) in [5.41, 5.74) is 9.75. The van der Waals surface area contributed by atoms with Crippen LogP contribution in [0.3, 0.4) is 0 Å². The Hall–Kier alpha value is -2.57. The number of hydrogen-bond donors (Lipinski definition) is 2. The van der Waals surface area contributed by atoms with E-state index >= 15 is 0 Å². The topological polar surface area (TPSA) is 55.1 Å². The highest BCUT2D eigenvalue weighted by Crippen LogP contribution is 2.16. The van der Waals surface area contributed by atoms with E-state index in [9.17, 15) is 4.79 Å². The van der Waals surface area contributed by atoms with Crippen LogP contribution in [0.2, 0.25) is 0 Å². The summed E-state index contributed by atoms with van der Waals surface area (Å²) in [4.78, 5) is 12.3. The fourth-order valence-corrected chi connectivity index (χ4v) is 1.92. The van der Waals surface area contributed by atoms with Gasteiger partial charge in [0.1, 0.15) is 0 Å². The van der Waals surface area contributed by atoms with Crippen LogP contribution in [0.5, 0.6) is 0 Å². The van der Waals surface area contributed by atoms with Gasteiger partial charge in [-0.3, -0.25) is 4.79 Å². The number of para-hydroxylation sites is 1. The fourth-order valence-electron chi connectivity index (χ4n) is 1.92. The van der Waals surface area contributed by atoms with Crippen molar-refractivity contribution in [3.05, 3.63) is 64.7 Å². The number of nitrogens with two attached hydrogens (primary N) is 1. The summed E-state index contributed by atoms with van der Waals surface area (Å²) in [6.07, 6.45) is 0. The number of hydrogen-bond acceptors (Lipinski definition) is 2. The van der Waals surface area contributed by atoms with Crippen molar-refractivity contribution < 1.29 is 4.79 Å². The average Bonchev–Trinajstić information content (AvgIpc) is 2.49. The molecule has 21 heavy (non-hydrogen) atoms. The van der Waals surface area contributed by atoms with Gasteiger partial charge in [0.15, 0.2) is 0 Å². The van der Waals surface area contributed by atoms with E-state index < -0.39 is 0 Å². The molecule has 2 aromatic carbocycles. The summed E-state index contributed by atoms with van der Waals surface area (Å²) in [6.45, 7) is 4.31. The Morgan fingerprint density at radius 1 is 1.14 bits per heavy atom. The van der Waals surface area contributed by atoms with Gasteiger partial charge in [0.2, 0.25) is 0 Å². The van der Waals surface area contributed by atoms with Gasteiger partial charge in [-0.25, -0.2) is 0 Å². The third-order valence-electron chi connectivity index (χ3n) is 3.27. The highest BCUT2D eigenvalue weighted by atomic mass is 16.1. The maximum Gasteiger partial charge on any atom is 0.255 e. The Balaban J connectivity index is 2.25. The molecule has 0 aliphatic carbocycles. The molecule has 2 rings (SSSR count). The minimum absolute atomic E-state index is 0.139. The summed E-state index contributed by atoms with van der Waals surface area (Å²) in [5, 5.41) is 2.90. The zero-order chi connectivity index (χ0) is 15.2. The first-order valence-electron chi connectivity index (χ1n) is 6.78. The number of anilines is 1. The van der Waals surface area contributed by atoms with E-state index in [0.29, 0.717) is 17.8 Å². The van der Waals surface area contributed by atoms with Crippen LogP contribution in [-0.4, -0.2) is 12.5 Å². The van der Waals surface area contributed by atoms with Gasteiger partial charge in [-0.2, -0.15) is 0 Å². The van der Waals surface area contributed by atoms with Crippen molar-refractivity contribution in [2.24, 2.45) is 5.73 Å². The third-order valence-corrected chi connectivity index (χ3v) is 3.27. The van der Waals surface area contributed by atoms with Crippen molar-refractivity contribution in [2.75, 3.05) is 11.9 Å². The number of carbonyl (C=O) groups is 1. The summed E-state index contributed by atoms with van der Waals surface area (Å²) >= 11 is 0. The molecule has 0 aromatic heterocycles. The lowest BCUT2D eigenvalue weighted by atomic mass is 10.1. The van der Waals surface area contributed by atoms with Crippen LogP contribution < -0.4 is 11.1 Å².